The molecule has 0 aliphatic rings. The van der Waals surface area contributed by atoms with Gasteiger partial charge in [0, 0.05) is 26.7 Å². The number of nitrogens with zero attached hydrogens (tertiary/aromatic N) is 2. The van der Waals surface area contributed by atoms with Crippen LogP contribution in [0, 0.1) is 0 Å². The zero-order chi connectivity index (χ0) is 19.4. The molecule has 0 aromatic heterocycles. The quantitative estimate of drug-likeness (QED) is 0.292. The van der Waals surface area contributed by atoms with Crippen LogP contribution in [0.5, 0.6) is 5.75 Å². The Morgan fingerprint density at radius 3 is 2.26 bits per heavy atom. The molecule has 27 heavy (non-hydrogen) atoms. The summed E-state index contributed by atoms with van der Waals surface area (Å²) in [7, 11) is 1.52. The molecule has 1 aromatic carbocycles. The highest BCUT2D eigenvalue weighted by Crippen LogP contribution is 2.18. The minimum atomic E-state index is -4.17. The van der Waals surface area contributed by atoms with Crippen LogP contribution in [-0.2, 0) is 6.54 Å². The minimum Gasteiger partial charge on any atom is -0.492 e. The fourth-order valence-corrected chi connectivity index (χ4v) is 2.26. The maximum Gasteiger partial charge on any atom is 0.390 e. The van der Waals surface area contributed by atoms with Crippen LogP contribution in [0.2, 0.25) is 0 Å². The average molecular weight is 502 g/mol. The second kappa shape index (κ2) is 13.9. The average Bonchev–Trinajstić information content (AvgIpc) is 2.61. The van der Waals surface area contributed by atoms with E-state index in [1.165, 1.54) is 7.05 Å². The summed E-state index contributed by atoms with van der Waals surface area (Å²) in [6.45, 7) is 8.03. The number of guanidine groups is 1. The summed E-state index contributed by atoms with van der Waals surface area (Å²) in [5.41, 5.74) is 0.986. The Hall–Kier alpha value is -1.23. The number of likely N-dealkylation sites (N-methyl/N-ethyl adjacent to an activating group) is 1. The molecule has 0 saturated carbocycles. The summed E-state index contributed by atoms with van der Waals surface area (Å²) < 4.78 is 42.2. The molecule has 0 heterocycles. The van der Waals surface area contributed by atoms with Gasteiger partial charge in [0.15, 0.2) is 5.96 Å². The molecule has 0 spiro atoms. The third kappa shape index (κ3) is 12.0. The van der Waals surface area contributed by atoms with Crippen molar-refractivity contribution in [3.63, 3.8) is 0 Å². The maximum atomic E-state index is 12.2. The van der Waals surface area contributed by atoms with Crippen molar-refractivity contribution in [2.45, 2.75) is 33.0 Å². The lowest BCUT2D eigenvalue weighted by atomic mass is 10.2. The number of halogens is 4. The van der Waals surface area contributed by atoms with Crippen LogP contribution in [0.15, 0.2) is 29.3 Å². The van der Waals surface area contributed by atoms with E-state index in [1.807, 2.05) is 24.3 Å². The maximum absolute atomic E-state index is 12.2. The normalized spacial score (nSPS) is 11.9. The zero-order valence-electron chi connectivity index (χ0n) is 16.1. The van der Waals surface area contributed by atoms with Gasteiger partial charge in [-0.15, -0.1) is 24.0 Å². The summed E-state index contributed by atoms with van der Waals surface area (Å²) in [5.74, 6) is 1.14. The first kappa shape index (κ1) is 25.8. The Labute approximate surface area is 176 Å². The lowest BCUT2D eigenvalue weighted by molar-refractivity contribution is -0.132. The van der Waals surface area contributed by atoms with Gasteiger partial charge in [0.1, 0.15) is 12.4 Å². The van der Waals surface area contributed by atoms with E-state index in [-0.39, 0.29) is 30.5 Å². The highest BCUT2D eigenvalue weighted by molar-refractivity contribution is 14.0. The van der Waals surface area contributed by atoms with E-state index in [0.29, 0.717) is 19.1 Å². The van der Waals surface area contributed by atoms with Crippen molar-refractivity contribution in [3.05, 3.63) is 29.8 Å². The molecular formula is C18H30F3IN4O. The molecule has 0 fully saturated rings. The smallest absolute Gasteiger partial charge is 0.390 e. The van der Waals surface area contributed by atoms with E-state index in [9.17, 15) is 13.2 Å². The van der Waals surface area contributed by atoms with Gasteiger partial charge in [-0.3, -0.25) is 4.99 Å². The van der Waals surface area contributed by atoms with Crippen LogP contribution >= 0.6 is 24.0 Å². The lowest BCUT2D eigenvalue weighted by Gasteiger charge is -2.18. The van der Waals surface area contributed by atoms with Crippen molar-refractivity contribution >= 4 is 29.9 Å². The summed E-state index contributed by atoms with van der Waals surface area (Å²) in [6.07, 6.45) is -5.07. The Morgan fingerprint density at radius 2 is 1.74 bits per heavy atom. The highest BCUT2D eigenvalue weighted by Gasteiger charge is 2.26. The first-order chi connectivity index (χ1) is 12.4. The van der Waals surface area contributed by atoms with Gasteiger partial charge in [-0.2, -0.15) is 13.2 Å². The van der Waals surface area contributed by atoms with Gasteiger partial charge in [-0.25, -0.2) is 0 Å². The number of rotatable bonds is 10. The predicted octanol–water partition coefficient (Wildman–Crippen LogP) is 3.64. The summed E-state index contributed by atoms with van der Waals surface area (Å²) in [6, 6.07) is 7.61. The SMILES string of the molecule is CCN(CC)CCOc1ccc(CNC(=NC)NCCC(F)(F)F)cc1.I. The summed E-state index contributed by atoms with van der Waals surface area (Å²) in [5, 5.41) is 5.64. The fourth-order valence-electron chi connectivity index (χ4n) is 2.26. The molecule has 0 unspecified atom stereocenters. The molecule has 1 aromatic rings. The standard InChI is InChI=1S/C18H29F3N4O.HI/c1-4-25(5-2)12-13-26-16-8-6-15(7-9-16)14-24-17(22-3)23-11-10-18(19,20)21;/h6-9H,4-5,10-14H2,1-3H3,(H2,22,23,24);1H. The second-order valence-corrected chi connectivity index (χ2v) is 5.74. The van der Waals surface area contributed by atoms with Crippen molar-refractivity contribution in [2.24, 2.45) is 4.99 Å². The van der Waals surface area contributed by atoms with Crippen molar-refractivity contribution in [2.75, 3.05) is 39.8 Å². The molecule has 1 rings (SSSR count). The highest BCUT2D eigenvalue weighted by atomic mass is 127. The Balaban J connectivity index is 0.00000676. The molecule has 0 aliphatic heterocycles. The van der Waals surface area contributed by atoms with E-state index in [1.54, 1.807) is 0 Å². The Morgan fingerprint density at radius 1 is 1.11 bits per heavy atom. The van der Waals surface area contributed by atoms with Crippen LogP contribution in [0.25, 0.3) is 0 Å². The number of hydrogen-bond donors (Lipinski definition) is 2. The van der Waals surface area contributed by atoms with Crippen molar-refractivity contribution < 1.29 is 17.9 Å². The third-order valence-corrected chi connectivity index (χ3v) is 3.88. The number of hydrogen-bond acceptors (Lipinski definition) is 3. The Kier molecular flexibility index (Phi) is 13.2. The van der Waals surface area contributed by atoms with Crippen molar-refractivity contribution in [1.82, 2.24) is 15.5 Å². The van der Waals surface area contributed by atoms with Gasteiger partial charge in [-0.05, 0) is 30.8 Å². The van der Waals surface area contributed by atoms with E-state index in [0.717, 1.165) is 30.9 Å². The molecule has 9 heteroatoms. The molecule has 5 nitrogen and oxygen atoms in total. The number of alkyl halides is 3. The molecule has 0 saturated heterocycles. The van der Waals surface area contributed by atoms with Gasteiger partial charge < -0.3 is 20.3 Å². The van der Waals surface area contributed by atoms with Gasteiger partial charge in [-0.1, -0.05) is 26.0 Å². The molecule has 0 bridgehead atoms. The van der Waals surface area contributed by atoms with Crippen LogP contribution in [0.3, 0.4) is 0 Å². The van der Waals surface area contributed by atoms with Gasteiger partial charge in [0.25, 0.3) is 0 Å². The van der Waals surface area contributed by atoms with Crippen LogP contribution in [0.4, 0.5) is 13.2 Å². The molecule has 0 amide bonds. The monoisotopic (exact) mass is 502 g/mol. The molecular weight excluding hydrogens is 472 g/mol. The lowest BCUT2D eigenvalue weighted by Crippen LogP contribution is -2.38. The summed E-state index contributed by atoms with van der Waals surface area (Å²) >= 11 is 0. The molecule has 156 valence electrons. The number of benzene rings is 1. The molecule has 2 N–H and O–H groups in total. The van der Waals surface area contributed by atoms with E-state index in [2.05, 4.69) is 34.4 Å². The third-order valence-electron chi connectivity index (χ3n) is 3.88. The number of nitrogens with one attached hydrogen (secondary N) is 2. The van der Waals surface area contributed by atoms with Crippen LogP contribution in [-0.4, -0.2) is 56.9 Å². The van der Waals surface area contributed by atoms with E-state index >= 15 is 0 Å². The van der Waals surface area contributed by atoms with Crippen molar-refractivity contribution in [3.8, 4) is 5.75 Å². The molecule has 0 atom stereocenters. The Bertz CT molecular complexity index is 534. The predicted molar refractivity (Wildman–Crippen MR) is 114 cm³/mol. The van der Waals surface area contributed by atoms with Crippen LogP contribution < -0.4 is 15.4 Å². The van der Waals surface area contributed by atoms with Gasteiger partial charge in [0.2, 0.25) is 0 Å². The second-order valence-electron chi connectivity index (χ2n) is 5.74. The van der Waals surface area contributed by atoms with Gasteiger partial charge >= 0.3 is 6.18 Å². The first-order valence-corrected chi connectivity index (χ1v) is 8.83. The number of ether oxygens (including phenoxy) is 1. The summed E-state index contributed by atoms with van der Waals surface area (Å²) in [4.78, 5) is 6.20. The van der Waals surface area contributed by atoms with Crippen LogP contribution in [0.1, 0.15) is 25.8 Å². The topological polar surface area (TPSA) is 48.9 Å². The number of aliphatic imine (C=N–C) groups is 1. The van der Waals surface area contributed by atoms with E-state index in [4.69, 9.17) is 4.74 Å². The first-order valence-electron chi connectivity index (χ1n) is 8.83. The van der Waals surface area contributed by atoms with Gasteiger partial charge in [0.05, 0.1) is 6.42 Å². The molecule has 0 aliphatic carbocycles. The largest absolute Gasteiger partial charge is 0.492 e. The minimum absolute atomic E-state index is 0. The van der Waals surface area contributed by atoms with E-state index < -0.39 is 12.6 Å². The fraction of sp³-hybridized carbons (Fsp3) is 0.611. The van der Waals surface area contributed by atoms with Crippen molar-refractivity contribution in [1.29, 1.82) is 0 Å². The zero-order valence-corrected chi connectivity index (χ0v) is 18.4. The molecule has 0 radical (unpaired) electrons.